The number of hydrogen-bond acceptors (Lipinski definition) is 11. The number of carbonyl (C=O) groups excluding carboxylic acids is 2. The second kappa shape index (κ2) is 15.8. The number of halogens is 4. The fraction of sp³-hybridized carbons (Fsp3) is 0.256. The summed E-state index contributed by atoms with van der Waals surface area (Å²) in [5, 5.41) is 11.0. The average Bonchev–Trinajstić information content (AvgIpc) is 3.90. The molecule has 7 aromatic rings. The van der Waals surface area contributed by atoms with Gasteiger partial charge < -0.3 is 24.4 Å². The number of aryl methyl sites for hydroxylation is 1. The van der Waals surface area contributed by atoms with Gasteiger partial charge in [-0.15, -0.1) is 5.10 Å². The van der Waals surface area contributed by atoms with Crippen LogP contribution in [0.1, 0.15) is 39.9 Å². The Morgan fingerprint density at radius 2 is 1.75 bits per heavy atom. The van der Waals surface area contributed by atoms with E-state index in [0.717, 1.165) is 28.3 Å². The number of ether oxygens (including phenoxy) is 1. The van der Waals surface area contributed by atoms with Crippen LogP contribution in [-0.2, 0) is 30.5 Å². The van der Waals surface area contributed by atoms with Gasteiger partial charge in [-0.25, -0.2) is 19.5 Å². The topological polar surface area (TPSA) is 170 Å². The molecule has 0 radical (unpaired) electrons. The van der Waals surface area contributed by atoms with Gasteiger partial charge in [0.05, 0.1) is 27.7 Å². The standard InChI is InChI=1S/C39H34ClF3N12O4/c1-3-29-33(51-13-15-52(16-14-51)36(57)32-34(23(2)44-21-46-32)59-20-24-7-5-4-6-8-24)37(58)55-38(49-35(50-55)25-11-12-54-30(17-25)45-22-47-54)53(29)19-31(56)48-28-10-9-26(18-27(28)40)39(41,42)43/h4-12,17-18,21-22H,3,13-16,19-20H2,1-2H3,(H,48,56). The second-order valence-corrected chi connectivity index (χ2v) is 14.0. The van der Waals surface area contributed by atoms with Gasteiger partial charge in [-0.05, 0) is 49.2 Å². The number of nitrogens with zero attached hydrogens (tertiary/aromatic N) is 11. The van der Waals surface area contributed by atoms with Crippen molar-refractivity contribution in [2.75, 3.05) is 36.4 Å². The van der Waals surface area contributed by atoms with Gasteiger partial charge in [0, 0.05) is 37.9 Å². The van der Waals surface area contributed by atoms with E-state index in [2.05, 4.69) is 30.5 Å². The Bertz CT molecular complexity index is 2780. The smallest absolute Gasteiger partial charge is 0.416 e. The van der Waals surface area contributed by atoms with E-state index in [-0.39, 0.29) is 84.6 Å². The number of alkyl halides is 3. The molecule has 1 N–H and O–H groups in total. The molecular formula is C39H34ClF3N12O4. The normalized spacial score (nSPS) is 13.3. The van der Waals surface area contributed by atoms with Crippen molar-refractivity contribution >= 4 is 46.2 Å². The van der Waals surface area contributed by atoms with E-state index in [0.29, 0.717) is 22.6 Å². The maximum atomic E-state index is 14.5. The Morgan fingerprint density at radius 3 is 2.47 bits per heavy atom. The van der Waals surface area contributed by atoms with Crippen molar-refractivity contribution in [3.05, 3.63) is 123 Å². The minimum absolute atomic E-state index is 0.0305. The number of rotatable bonds is 10. The molecule has 1 saturated heterocycles. The van der Waals surface area contributed by atoms with E-state index in [1.165, 1.54) is 12.7 Å². The van der Waals surface area contributed by atoms with E-state index < -0.39 is 29.8 Å². The Labute approximate surface area is 337 Å². The van der Waals surface area contributed by atoms with E-state index in [1.807, 2.05) is 42.2 Å². The number of benzene rings is 2. The van der Waals surface area contributed by atoms with Gasteiger partial charge in [-0.2, -0.15) is 27.8 Å². The highest BCUT2D eigenvalue weighted by atomic mass is 35.5. The van der Waals surface area contributed by atoms with Gasteiger partial charge in [0.15, 0.2) is 22.9 Å². The van der Waals surface area contributed by atoms with Crippen LogP contribution < -0.4 is 20.5 Å². The molecule has 0 spiro atoms. The minimum atomic E-state index is -4.63. The van der Waals surface area contributed by atoms with E-state index in [1.54, 1.807) is 39.2 Å². The van der Waals surface area contributed by atoms with Crippen molar-refractivity contribution in [1.82, 2.24) is 48.6 Å². The van der Waals surface area contributed by atoms with Gasteiger partial charge in [-0.1, -0.05) is 48.9 Å². The number of piperazine rings is 1. The van der Waals surface area contributed by atoms with Gasteiger partial charge in [0.2, 0.25) is 11.7 Å². The summed E-state index contributed by atoms with van der Waals surface area (Å²) in [4.78, 5) is 63.0. The lowest BCUT2D eigenvalue weighted by Crippen LogP contribution is -2.51. The molecule has 2 amide bonds. The lowest BCUT2D eigenvalue weighted by molar-refractivity contribution is -0.137. The summed E-state index contributed by atoms with van der Waals surface area (Å²) >= 11 is 6.17. The molecule has 0 atom stereocenters. The van der Waals surface area contributed by atoms with Gasteiger partial charge in [0.1, 0.15) is 31.5 Å². The van der Waals surface area contributed by atoms with E-state index >= 15 is 0 Å². The van der Waals surface area contributed by atoms with Crippen LogP contribution in [-0.4, -0.2) is 86.6 Å². The Kier molecular flexibility index (Phi) is 10.4. The van der Waals surface area contributed by atoms with Crippen LogP contribution in [0.4, 0.5) is 24.5 Å². The van der Waals surface area contributed by atoms with Crippen LogP contribution in [0.2, 0.25) is 5.02 Å². The summed E-state index contributed by atoms with van der Waals surface area (Å²) in [6.07, 6.45) is 0.0175. The summed E-state index contributed by atoms with van der Waals surface area (Å²) in [5.41, 5.74) is 1.80. The van der Waals surface area contributed by atoms with Crippen LogP contribution in [0, 0.1) is 6.92 Å². The van der Waals surface area contributed by atoms with Gasteiger partial charge in [-0.3, -0.25) is 14.4 Å². The highest BCUT2D eigenvalue weighted by Gasteiger charge is 2.33. The number of pyridine rings is 1. The molecule has 59 heavy (non-hydrogen) atoms. The van der Waals surface area contributed by atoms with Crippen molar-refractivity contribution in [3.63, 3.8) is 0 Å². The molecule has 0 aliphatic carbocycles. The molecule has 1 aliphatic rings. The maximum Gasteiger partial charge on any atom is 0.416 e. The Morgan fingerprint density at radius 1 is 0.966 bits per heavy atom. The first kappa shape index (κ1) is 39.0. The van der Waals surface area contributed by atoms with Crippen molar-refractivity contribution in [2.24, 2.45) is 0 Å². The van der Waals surface area contributed by atoms with Crippen LogP contribution >= 0.6 is 11.6 Å². The number of fused-ring (bicyclic) bond motifs is 2. The molecule has 1 aliphatic heterocycles. The van der Waals surface area contributed by atoms with Crippen LogP contribution in [0.25, 0.3) is 22.8 Å². The molecule has 0 unspecified atom stereocenters. The molecule has 6 heterocycles. The number of aromatic nitrogens is 9. The Hall–Kier alpha value is -6.89. The van der Waals surface area contributed by atoms with Crippen molar-refractivity contribution in [1.29, 1.82) is 0 Å². The first-order valence-corrected chi connectivity index (χ1v) is 18.8. The lowest BCUT2D eigenvalue weighted by Gasteiger charge is -2.36. The molecule has 8 rings (SSSR count). The highest BCUT2D eigenvalue weighted by molar-refractivity contribution is 6.33. The zero-order valence-electron chi connectivity index (χ0n) is 31.5. The van der Waals surface area contributed by atoms with Crippen molar-refractivity contribution in [3.8, 4) is 17.1 Å². The van der Waals surface area contributed by atoms with Crippen LogP contribution in [0.5, 0.6) is 5.75 Å². The molecule has 1 fully saturated rings. The Balaban J connectivity index is 1.11. The molecule has 5 aromatic heterocycles. The molecule has 0 saturated carbocycles. The summed E-state index contributed by atoms with van der Waals surface area (Å²) in [6, 6.07) is 15.5. The number of carbonyl (C=O) groups is 2. The minimum Gasteiger partial charge on any atom is -0.485 e. The summed E-state index contributed by atoms with van der Waals surface area (Å²) < 4.78 is 50.2. The van der Waals surface area contributed by atoms with Crippen molar-refractivity contribution in [2.45, 2.75) is 39.6 Å². The zero-order chi connectivity index (χ0) is 41.4. The molecule has 16 nitrogen and oxygen atoms in total. The average molecular weight is 827 g/mol. The molecule has 20 heteroatoms. The zero-order valence-corrected chi connectivity index (χ0v) is 32.3. The second-order valence-electron chi connectivity index (χ2n) is 13.6. The van der Waals surface area contributed by atoms with E-state index in [9.17, 15) is 27.6 Å². The molecule has 0 bridgehead atoms. The fourth-order valence-electron chi connectivity index (χ4n) is 6.93. The largest absolute Gasteiger partial charge is 0.485 e. The third-order valence-electron chi connectivity index (χ3n) is 9.87. The van der Waals surface area contributed by atoms with Crippen molar-refractivity contribution < 1.29 is 27.5 Å². The number of hydrogen-bond donors (Lipinski definition) is 1. The monoisotopic (exact) mass is 826 g/mol. The number of amides is 2. The number of nitrogens with one attached hydrogen (secondary N) is 1. The summed E-state index contributed by atoms with van der Waals surface area (Å²) in [5.74, 6) is -0.491. The fourth-order valence-corrected chi connectivity index (χ4v) is 7.16. The summed E-state index contributed by atoms with van der Waals surface area (Å²) in [6.45, 7) is 4.28. The van der Waals surface area contributed by atoms with Gasteiger partial charge in [0.25, 0.3) is 11.5 Å². The van der Waals surface area contributed by atoms with E-state index in [4.69, 9.17) is 21.3 Å². The van der Waals surface area contributed by atoms with Crippen LogP contribution in [0.3, 0.4) is 0 Å². The molecule has 2 aromatic carbocycles. The number of anilines is 2. The third kappa shape index (κ3) is 7.75. The van der Waals surface area contributed by atoms with Crippen LogP contribution in [0.15, 0.2) is 84.3 Å². The lowest BCUT2D eigenvalue weighted by atomic mass is 10.2. The quantitative estimate of drug-likeness (QED) is 0.194. The first-order chi connectivity index (χ1) is 28.4. The predicted octanol–water partition coefficient (Wildman–Crippen LogP) is 5.11. The molecular weight excluding hydrogens is 793 g/mol. The predicted molar refractivity (Wildman–Crippen MR) is 209 cm³/mol. The SMILES string of the molecule is CCc1c(N2CCN(C(=O)c3ncnc(C)c3OCc3ccccc3)CC2)c(=O)n2nc(-c3ccn4ncnc4c3)nc2n1CC(=O)Nc1ccc(C(F)(F)F)cc1Cl. The maximum absolute atomic E-state index is 14.5. The van der Waals surface area contributed by atoms with Gasteiger partial charge >= 0.3 is 6.18 Å². The summed E-state index contributed by atoms with van der Waals surface area (Å²) in [7, 11) is 0. The molecule has 302 valence electrons. The first-order valence-electron chi connectivity index (χ1n) is 18.4. The highest BCUT2D eigenvalue weighted by Crippen LogP contribution is 2.34. The third-order valence-corrected chi connectivity index (χ3v) is 10.2.